The molecule has 15 heavy (non-hydrogen) atoms. The fourth-order valence-electron chi connectivity index (χ4n) is 1.05. The van der Waals surface area contributed by atoms with Crippen LogP contribution < -0.4 is 5.73 Å². The van der Waals surface area contributed by atoms with Crippen LogP contribution in [0, 0.1) is 0 Å². The molecule has 2 N–H and O–H groups in total. The molecule has 6 heteroatoms. The summed E-state index contributed by atoms with van der Waals surface area (Å²) in [6, 6.07) is 1.25. The van der Waals surface area contributed by atoms with E-state index in [4.69, 9.17) is 14.9 Å². The monoisotopic (exact) mass is 339 g/mol. The van der Waals surface area contributed by atoms with Gasteiger partial charge in [0.2, 0.25) is 0 Å². The molecule has 0 aliphatic heterocycles. The van der Waals surface area contributed by atoms with Crippen molar-refractivity contribution >= 4 is 37.8 Å². The molecule has 0 saturated heterocycles. The van der Waals surface area contributed by atoms with E-state index >= 15 is 0 Å². The molecule has 0 saturated carbocycles. The Kier molecular flexibility index (Phi) is 4.82. The van der Waals surface area contributed by atoms with Crippen LogP contribution in [-0.4, -0.2) is 12.6 Å². The predicted molar refractivity (Wildman–Crippen MR) is 62.3 cm³/mol. The van der Waals surface area contributed by atoms with Crippen molar-refractivity contribution in [2.75, 3.05) is 6.61 Å². The highest BCUT2D eigenvalue weighted by Gasteiger charge is 2.17. The summed E-state index contributed by atoms with van der Waals surface area (Å²) in [4.78, 5) is 11.2. The summed E-state index contributed by atoms with van der Waals surface area (Å²) < 4.78 is 11.4. The van der Waals surface area contributed by atoms with E-state index in [-0.39, 0.29) is 12.4 Å². The second-order valence-corrected chi connectivity index (χ2v) is 4.46. The average molecular weight is 341 g/mol. The molecule has 1 atom stereocenters. The molecule has 0 spiro atoms. The molecule has 0 fully saturated rings. The molecule has 0 unspecified atom stereocenters. The van der Waals surface area contributed by atoms with Crippen molar-refractivity contribution in [2.45, 2.75) is 19.4 Å². The van der Waals surface area contributed by atoms with E-state index in [0.29, 0.717) is 17.0 Å². The zero-order chi connectivity index (χ0) is 11.4. The van der Waals surface area contributed by atoms with Crippen molar-refractivity contribution in [2.24, 2.45) is 5.73 Å². The molecule has 0 aliphatic rings. The van der Waals surface area contributed by atoms with Gasteiger partial charge >= 0.3 is 5.97 Å². The topological polar surface area (TPSA) is 65.5 Å². The third kappa shape index (κ3) is 3.62. The van der Waals surface area contributed by atoms with Crippen molar-refractivity contribution in [1.29, 1.82) is 0 Å². The molecule has 0 radical (unpaired) electrons. The quantitative estimate of drug-likeness (QED) is 0.856. The molecule has 4 nitrogen and oxygen atoms in total. The van der Waals surface area contributed by atoms with Gasteiger partial charge in [-0.15, -0.1) is 0 Å². The number of halogens is 2. The van der Waals surface area contributed by atoms with Gasteiger partial charge in [-0.05, 0) is 44.8 Å². The van der Waals surface area contributed by atoms with Gasteiger partial charge in [-0.1, -0.05) is 0 Å². The lowest BCUT2D eigenvalue weighted by Gasteiger charge is -2.07. The third-order valence-electron chi connectivity index (χ3n) is 1.72. The van der Waals surface area contributed by atoms with Crippen LogP contribution in [0.4, 0.5) is 0 Å². The lowest BCUT2D eigenvalue weighted by Crippen LogP contribution is -2.16. The first-order valence-electron chi connectivity index (χ1n) is 4.40. The van der Waals surface area contributed by atoms with Gasteiger partial charge in [0.15, 0.2) is 4.67 Å². The van der Waals surface area contributed by atoms with Gasteiger partial charge in [0.05, 0.1) is 23.5 Å². The number of carbonyl (C=O) groups is 1. The van der Waals surface area contributed by atoms with Crippen molar-refractivity contribution in [3.63, 3.8) is 0 Å². The SMILES string of the molecule is CCOC(=O)C[C@H](N)c1cc(Br)c(Br)o1. The molecular formula is C9H11Br2NO3. The molecule has 1 heterocycles. The standard InChI is InChI=1S/C9H11Br2NO3/c1-2-14-8(13)4-6(12)7-3-5(10)9(11)15-7/h3,6H,2,4,12H2,1H3/t6-/m0/s1. The number of furan rings is 1. The van der Waals surface area contributed by atoms with E-state index in [1.807, 2.05) is 0 Å². The van der Waals surface area contributed by atoms with Crippen molar-refractivity contribution in [3.8, 4) is 0 Å². The number of carbonyl (C=O) groups excluding carboxylic acids is 1. The van der Waals surface area contributed by atoms with Crippen molar-refractivity contribution < 1.29 is 13.9 Å². The molecule has 84 valence electrons. The Balaban J connectivity index is 2.60. The Morgan fingerprint density at radius 1 is 1.67 bits per heavy atom. The Bertz CT molecular complexity index is 332. The van der Waals surface area contributed by atoms with Crippen LogP contribution in [-0.2, 0) is 9.53 Å². The van der Waals surface area contributed by atoms with E-state index in [2.05, 4.69) is 31.9 Å². The Morgan fingerprint density at radius 2 is 2.33 bits per heavy atom. The first-order valence-corrected chi connectivity index (χ1v) is 5.99. The first-order chi connectivity index (χ1) is 7.04. The number of ether oxygens (including phenoxy) is 1. The lowest BCUT2D eigenvalue weighted by molar-refractivity contribution is -0.143. The van der Waals surface area contributed by atoms with Gasteiger partial charge in [-0.3, -0.25) is 4.79 Å². The summed E-state index contributed by atoms with van der Waals surface area (Å²) in [6.45, 7) is 2.11. The molecule has 1 aromatic heterocycles. The van der Waals surface area contributed by atoms with Crippen molar-refractivity contribution in [1.82, 2.24) is 0 Å². The number of hydrogen-bond acceptors (Lipinski definition) is 4. The van der Waals surface area contributed by atoms with Gasteiger partial charge in [0.25, 0.3) is 0 Å². The summed E-state index contributed by atoms with van der Waals surface area (Å²) in [5.41, 5.74) is 5.77. The molecule has 1 aromatic rings. The second kappa shape index (κ2) is 5.67. The maximum atomic E-state index is 11.2. The largest absolute Gasteiger partial charge is 0.466 e. The summed E-state index contributed by atoms with van der Waals surface area (Å²) in [7, 11) is 0. The highest BCUT2D eigenvalue weighted by atomic mass is 79.9. The molecule has 0 bridgehead atoms. The minimum atomic E-state index is -0.480. The van der Waals surface area contributed by atoms with Crippen LogP contribution in [0.1, 0.15) is 25.1 Å². The van der Waals surface area contributed by atoms with Crippen LogP contribution in [0.15, 0.2) is 19.6 Å². The van der Waals surface area contributed by atoms with E-state index in [0.717, 1.165) is 4.47 Å². The maximum absolute atomic E-state index is 11.2. The van der Waals surface area contributed by atoms with E-state index < -0.39 is 6.04 Å². The molecule has 1 rings (SSSR count). The Hall–Kier alpha value is -0.330. The predicted octanol–water partition coefficient (Wildman–Crippen LogP) is 2.76. The normalized spacial score (nSPS) is 12.5. The van der Waals surface area contributed by atoms with Gasteiger partial charge < -0.3 is 14.9 Å². The summed E-state index contributed by atoms with van der Waals surface area (Å²) in [5, 5.41) is 0. The van der Waals surface area contributed by atoms with E-state index in [1.54, 1.807) is 13.0 Å². The number of rotatable bonds is 4. The van der Waals surface area contributed by atoms with Crippen molar-refractivity contribution in [3.05, 3.63) is 21.0 Å². The molecular weight excluding hydrogens is 330 g/mol. The van der Waals surface area contributed by atoms with Crippen LogP contribution in [0.3, 0.4) is 0 Å². The Labute approximate surface area is 104 Å². The summed E-state index contributed by atoms with van der Waals surface area (Å²) in [5.74, 6) is 0.218. The molecule has 0 amide bonds. The zero-order valence-corrected chi connectivity index (χ0v) is 11.3. The third-order valence-corrected chi connectivity index (χ3v) is 3.43. The number of nitrogens with two attached hydrogens (primary N) is 1. The van der Waals surface area contributed by atoms with Crippen LogP contribution in [0.2, 0.25) is 0 Å². The summed E-state index contributed by atoms with van der Waals surface area (Å²) in [6.07, 6.45) is 0.111. The number of hydrogen-bond donors (Lipinski definition) is 1. The highest BCUT2D eigenvalue weighted by Crippen LogP contribution is 2.30. The first kappa shape index (κ1) is 12.7. The number of esters is 1. The molecule has 0 aromatic carbocycles. The second-order valence-electron chi connectivity index (χ2n) is 2.89. The fourth-order valence-corrected chi connectivity index (χ4v) is 1.65. The van der Waals surface area contributed by atoms with Crippen LogP contribution >= 0.6 is 31.9 Å². The fraction of sp³-hybridized carbons (Fsp3) is 0.444. The Morgan fingerprint density at radius 3 is 2.80 bits per heavy atom. The summed E-state index contributed by atoms with van der Waals surface area (Å²) >= 11 is 6.46. The van der Waals surface area contributed by atoms with Gasteiger partial charge in [-0.2, -0.15) is 0 Å². The van der Waals surface area contributed by atoms with Crippen LogP contribution in [0.25, 0.3) is 0 Å². The van der Waals surface area contributed by atoms with E-state index in [9.17, 15) is 4.79 Å². The smallest absolute Gasteiger partial charge is 0.307 e. The van der Waals surface area contributed by atoms with Gasteiger partial charge in [0.1, 0.15) is 5.76 Å². The zero-order valence-electron chi connectivity index (χ0n) is 8.13. The molecule has 0 aliphatic carbocycles. The maximum Gasteiger partial charge on any atom is 0.307 e. The van der Waals surface area contributed by atoms with Gasteiger partial charge in [0, 0.05) is 0 Å². The lowest BCUT2D eigenvalue weighted by atomic mass is 10.2. The van der Waals surface area contributed by atoms with E-state index in [1.165, 1.54) is 0 Å². The highest BCUT2D eigenvalue weighted by molar-refractivity contribution is 9.13. The van der Waals surface area contributed by atoms with Crippen LogP contribution in [0.5, 0.6) is 0 Å². The average Bonchev–Trinajstić information content (AvgIpc) is 2.47. The minimum absolute atomic E-state index is 0.111. The minimum Gasteiger partial charge on any atom is -0.466 e. The van der Waals surface area contributed by atoms with Gasteiger partial charge in [-0.25, -0.2) is 0 Å².